The standard InChI is InChI=1S/C19H14F2N2O4S/c20-18(21)27-12-7-5-11(6-8-12)23-16(24)13-3-1-2-4-14(13)22-19(23)28-15-9-10-26-17(15)25/h1-8,15,18H,9-10H2/t15-/m0/s1. The summed E-state index contributed by atoms with van der Waals surface area (Å²) < 4.78 is 35.5. The van der Waals surface area contributed by atoms with E-state index in [0.717, 1.165) is 11.8 Å². The fraction of sp³-hybridized carbons (Fsp3) is 0.211. The highest BCUT2D eigenvalue weighted by atomic mass is 32.2. The number of nitrogens with zero attached hydrogens (tertiary/aromatic N) is 2. The SMILES string of the molecule is O=C1OCC[C@@H]1Sc1nc2ccccc2c(=O)n1-c1ccc(OC(F)F)cc1. The van der Waals surface area contributed by atoms with E-state index in [1.807, 2.05) is 0 Å². The molecule has 3 aromatic rings. The van der Waals surface area contributed by atoms with E-state index in [1.165, 1.54) is 28.8 Å². The number of benzene rings is 2. The number of para-hydroxylation sites is 1. The number of alkyl halides is 2. The normalized spacial score (nSPS) is 16.5. The number of cyclic esters (lactones) is 1. The number of halogens is 2. The van der Waals surface area contributed by atoms with Crippen LogP contribution in [0.3, 0.4) is 0 Å². The molecule has 4 rings (SSSR count). The molecule has 0 aliphatic carbocycles. The van der Waals surface area contributed by atoms with E-state index in [2.05, 4.69) is 9.72 Å². The molecule has 0 bridgehead atoms. The maximum absolute atomic E-state index is 13.1. The van der Waals surface area contributed by atoms with Crippen LogP contribution in [0.1, 0.15) is 6.42 Å². The summed E-state index contributed by atoms with van der Waals surface area (Å²) in [5.41, 5.74) is 0.621. The average molecular weight is 404 g/mol. The molecule has 0 saturated carbocycles. The van der Waals surface area contributed by atoms with E-state index in [9.17, 15) is 18.4 Å². The Bertz CT molecular complexity index is 1090. The molecule has 1 aliphatic heterocycles. The molecular weight excluding hydrogens is 390 g/mol. The molecule has 2 aromatic carbocycles. The summed E-state index contributed by atoms with van der Waals surface area (Å²) in [5.74, 6) is -0.367. The van der Waals surface area contributed by atoms with Crippen LogP contribution in [0, 0.1) is 0 Å². The predicted octanol–water partition coefficient (Wildman–Crippen LogP) is 3.39. The third kappa shape index (κ3) is 3.57. The van der Waals surface area contributed by atoms with E-state index in [4.69, 9.17) is 4.74 Å². The van der Waals surface area contributed by atoms with Crippen molar-refractivity contribution in [1.82, 2.24) is 9.55 Å². The van der Waals surface area contributed by atoms with Gasteiger partial charge in [-0.3, -0.25) is 14.2 Å². The Labute approximate surface area is 162 Å². The second-order valence-corrected chi connectivity index (χ2v) is 7.16. The highest BCUT2D eigenvalue weighted by molar-refractivity contribution is 8.00. The number of fused-ring (bicyclic) bond motifs is 1. The monoisotopic (exact) mass is 404 g/mol. The molecule has 1 atom stereocenters. The number of hydrogen-bond acceptors (Lipinski definition) is 6. The Morgan fingerprint density at radius 3 is 2.57 bits per heavy atom. The van der Waals surface area contributed by atoms with Gasteiger partial charge in [0.1, 0.15) is 11.0 Å². The molecule has 9 heteroatoms. The van der Waals surface area contributed by atoms with Gasteiger partial charge in [0.05, 0.1) is 23.2 Å². The number of aromatic nitrogens is 2. The Hall–Kier alpha value is -2.94. The summed E-state index contributed by atoms with van der Waals surface area (Å²) in [6.45, 7) is -2.61. The minimum atomic E-state index is -2.93. The number of esters is 1. The van der Waals surface area contributed by atoms with Crippen LogP contribution in [0.15, 0.2) is 58.5 Å². The quantitative estimate of drug-likeness (QED) is 0.480. The van der Waals surface area contributed by atoms with Gasteiger partial charge >= 0.3 is 12.6 Å². The van der Waals surface area contributed by atoms with Crippen LogP contribution in [0.5, 0.6) is 5.75 Å². The molecule has 0 spiro atoms. The van der Waals surface area contributed by atoms with Gasteiger partial charge in [0.2, 0.25) is 0 Å². The van der Waals surface area contributed by atoms with Crippen LogP contribution in [-0.2, 0) is 9.53 Å². The van der Waals surface area contributed by atoms with E-state index in [1.54, 1.807) is 24.3 Å². The van der Waals surface area contributed by atoms with Gasteiger partial charge in [-0.15, -0.1) is 0 Å². The Morgan fingerprint density at radius 1 is 1.14 bits per heavy atom. The number of carbonyl (C=O) groups is 1. The van der Waals surface area contributed by atoms with E-state index in [-0.39, 0.29) is 17.3 Å². The molecule has 1 saturated heterocycles. The minimum absolute atomic E-state index is 0.0193. The number of rotatable bonds is 5. The fourth-order valence-electron chi connectivity index (χ4n) is 2.91. The smallest absolute Gasteiger partial charge is 0.387 e. The van der Waals surface area contributed by atoms with Crippen molar-refractivity contribution in [2.45, 2.75) is 23.4 Å². The molecule has 1 fully saturated rings. The zero-order valence-corrected chi connectivity index (χ0v) is 15.2. The molecule has 28 heavy (non-hydrogen) atoms. The lowest BCUT2D eigenvalue weighted by Crippen LogP contribution is -2.23. The Kier molecular flexibility index (Phi) is 4.99. The molecule has 6 nitrogen and oxygen atoms in total. The van der Waals surface area contributed by atoms with Crippen LogP contribution < -0.4 is 10.3 Å². The third-order valence-corrected chi connectivity index (χ3v) is 5.40. The Morgan fingerprint density at radius 2 is 1.89 bits per heavy atom. The lowest BCUT2D eigenvalue weighted by atomic mass is 10.2. The summed E-state index contributed by atoms with van der Waals surface area (Å²) in [6.07, 6.45) is 0.521. The second-order valence-electron chi connectivity index (χ2n) is 5.99. The molecule has 2 heterocycles. The van der Waals surface area contributed by atoms with Gasteiger partial charge in [0, 0.05) is 6.42 Å². The van der Waals surface area contributed by atoms with Crippen molar-refractivity contribution in [3.05, 3.63) is 58.9 Å². The van der Waals surface area contributed by atoms with Gasteiger partial charge in [-0.1, -0.05) is 23.9 Å². The lowest BCUT2D eigenvalue weighted by molar-refractivity contribution is -0.137. The van der Waals surface area contributed by atoms with Gasteiger partial charge < -0.3 is 9.47 Å². The van der Waals surface area contributed by atoms with Crippen LogP contribution in [0.4, 0.5) is 8.78 Å². The number of carbonyl (C=O) groups excluding carboxylic acids is 1. The summed E-state index contributed by atoms with van der Waals surface area (Å²) in [5, 5.41) is 0.282. The first-order valence-electron chi connectivity index (χ1n) is 8.43. The second kappa shape index (κ2) is 7.59. The van der Waals surface area contributed by atoms with Crippen molar-refractivity contribution in [3.8, 4) is 11.4 Å². The summed E-state index contributed by atoms with van der Waals surface area (Å²) in [7, 11) is 0. The van der Waals surface area contributed by atoms with Gasteiger partial charge in [0.15, 0.2) is 5.16 Å². The first-order valence-corrected chi connectivity index (χ1v) is 9.31. The number of thioether (sulfide) groups is 1. The van der Waals surface area contributed by atoms with Crippen LogP contribution in [0.25, 0.3) is 16.6 Å². The Balaban J connectivity index is 1.82. The minimum Gasteiger partial charge on any atom is -0.465 e. The van der Waals surface area contributed by atoms with Crippen LogP contribution in [-0.4, -0.2) is 34.0 Å². The van der Waals surface area contributed by atoms with Crippen LogP contribution in [0.2, 0.25) is 0 Å². The van der Waals surface area contributed by atoms with Crippen molar-refractivity contribution < 1.29 is 23.0 Å². The van der Waals surface area contributed by atoms with Gasteiger partial charge in [-0.25, -0.2) is 4.98 Å². The molecule has 1 aromatic heterocycles. The maximum Gasteiger partial charge on any atom is 0.387 e. The van der Waals surface area contributed by atoms with Crippen molar-refractivity contribution in [3.63, 3.8) is 0 Å². The summed E-state index contributed by atoms with van der Waals surface area (Å²) in [6, 6.07) is 12.6. The van der Waals surface area contributed by atoms with Gasteiger partial charge in [-0.2, -0.15) is 8.78 Å². The molecular formula is C19H14F2N2O4S. The zero-order chi connectivity index (χ0) is 19.7. The van der Waals surface area contributed by atoms with Crippen LogP contribution >= 0.6 is 11.8 Å². The predicted molar refractivity (Wildman–Crippen MR) is 99.2 cm³/mol. The van der Waals surface area contributed by atoms with Gasteiger partial charge in [-0.05, 0) is 36.4 Å². The third-order valence-electron chi connectivity index (χ3n) is 4.20. The lowest BCUT2D eigenvalue weighted by Gasteiger charge is -2.15. The fourth-order valence-corrected chi connectivity index (χ4v) is 3.98. The maximum atomic E-state index is 13.1. The highest BCUT2D eigenvalue weighted by Gasteiger charge is 2.29. The highest BCUT2D eigenvalue weighted by Crippen LogP contribution is 2.30. The molecule has 144 valence electrons. The van der Waals surface area contributed by atoms with Crippen molar-refractivity contribution in [2.24, 2.45) is 0 Å². The molecule has 0 unspecified atom stereocenters. The van der Waals surface area contributed by atoms with E-state index in [0.29, 0.717) is 34.8 Å². The first-order chi connectivity index (χ1) is 13.5. The van der Waals surface area contributed by atoms with E-state index < -0.39 is 11.9 Å². The molecule has 0 amide bonds. The van der Waals surface area contributed by atoms with Crippen molar-refractivity contribution >= 4 is 28.6 Å². The first kappa shape index (κ1) is 18.4. The number of ether oxygens (including phenoxy) is 2. The summed E-state index contributed by atoms with van der Waals surface area (Å²) >= 11 is 1.15. The zero-order valence-electron chi connectivity index (χ0n) is 14.4. The largest absolute Gasteiger partial charge is 0.465 e. The molecule has 0 N–H and O–H groups in total. The van der Waals surface area contributed by atoms with Gasteiger partial charge in [0.25, 0.3) is 5.56 Å². The van der Waals surface area contributed by atoms with Crippen molar-refractivity contribution in [1.29, 1.82) is 0 Å². The average Bonchev–Trinajstić information content (AvgIpc) is 3.07. The van der Waals surface area contributed by atoms with Crippen molar-refractivity contribution in [2.75, 3.05) is 6.61 Å². The topological polar surface area (TPSA) is 70.4 Å². The number of hydrogen-bond donors (Lipinski definition) is 0. The molecule has 1 aliphatic rings. The van der Waals surface area contributed by atoms with E-state index >= 15 is 0 Å². The molecule has 0 radical (unpaired) electrons. The summed E-state index contributed by atoms with van der Waals surface area (Å²) in [4.78, 5) is 29.5.